The van der Waals surface area contributed by atoms with Gasteiger partial charge in [0.05, 0.1) is 12.3 Å². The third-order valence-electron chi connectivity index (χ3n) is 3.85. The maximum Gasteiger partial charge on any atom is 0.387 e. The van der Waals surface area contributed by atoms with Crippen molar-refractivity contribution < 1.29 is 21.9 Å². The Balaban J connectivity index is 1.99. The molecule has 1 aliphatic heterocycles. The predicted molar refractivity (Wildman–Crippen MR) is 101 cm³/mol. The molecule has 1 fully saturated rings. The molecule has 0 unspecified atom stereocenters. The Morgan fingerprint density at radius 2 is 2.19 bits per heavy atom. The van der Waals surface area contributed by atoms with Crippen molar-refractivity contribution >= 4 is 27.6 Å². The van der Waals surface area contributed by atoms with Crippen LogP contribution in [0.1, 0.15) is 18.9 Å². The number of nitrogens with zero attached hydrogens (tertiary/aromatic N) is 2. The molecule has 0 aliphatic carbocycles. The van der Waals surface area contributed by atoms with E-state index in [-0.39, 0.29) is 18.0 Å². The van der Waals surface area contributed by atoms with Crippen molar-refractivity contribution in [1.29, 1.82) is 0 Å². The van der Waals surface area contributed by atoms with E-state index in [0.717, 1.165) is 0 Å². The Morgan fingerprint density at radius 3 is 2.81 bits per heavy atom. The third-order valence-corrected chi connectivity index (χ3v) is 6.04. The van der Waals surface area contributed by atoms with Crippen LogP contribution in [0, 0.1) is 0 Å². The number of benzene rings is 1. The fourth-order valence-electron chi connectivity index (χ4n) is 2.63. The van der Waals surface area contributed by atoms with Gasteiger partial charge in [0, 0.05) is 36.8 Å². The van der Waals surface area contributed by atoms with Crippen LogP contribution in [0.2, 0.25) is 5.02 Å². The van der Waals surface area contributed by atoms with Crippen molar-refractivity contribution in [2.24, 2.45) is 4.99 Å². The second kappa shape index (κ2) is 10.0. The molecule has 0 amide bonds. The van der Waals surface area contributed by atoms with E-state index < -0.39 is 16.6 Å². The first kappa shape index (κ1) is 21.6. The Hall–Kier alpha value is -1.65. The highest BCUT2D eigenvalue weighted by atomic mass is 35.5. The van der Waals surface area contributed by atoms with Gasteiger partial charge in [0.1, 0.15) is 5.75 Å². The van der Waals surface area contributed by atoms with Crippen LogP contribution in [0.5, 0.6) is 5.75 Å². The van der Waals surface area contributed by atoms with Crippen LogP contribution >= 0.6 is 11.6 Å². The fraction of sp³-hybridized carbons (Fsp3) is 0.562. The van der Waals surface area contributed by atoms with E-state index in [1.807, 2.05) is 6.92 Å². The minimum absolute atomic E-state index is 0.0113. The van der Waals surface area contributed by atoms with Gasteiger partial charge in [-0.1, -0.05) is 11.6 Å². The molecule has 11 heteroatoms. The molecule has 27 heavy (non-hydrogen) atoms. The van der Waals surface area contributed by atoms with E-state index in [1.54, 1.807) is 0 Å². The van der Waals surface area contributed by atoms with E-state index in [1.165, 1.54) is 22.5 Å². The quantitative estimate of drug-likeness (QED) is 0.493. The standard InChI is InChI=1S/C16H23ClF2N4O3S/c1-2-20-16(21-6-8-23-7-3-9-27(23,24)25)22-11-12-10-13(17)4-5-14(12)26-15(18)19/h4-5,10,15H,2-3,6-9,11H2,1H3,(H2,20,21,22). The molecule has 1 aromatic rings. The van der Waals surface area contributed by atoms with E-state index in [9.17, 15) is 17.2 Å². The highest BCUT2D eigenvalue weighted by Crippen LogP contribution is 2.25. The van der Waals surface area contributed by atoms with Crippen LogP contribution in [0.4, 0.5) is 8.78 Å². The summed E-state index contributed by atoms with van der Waals surface area (Å²) in [4.78, 5) is 4.34. The first-order chi connectivity index (χ1) is 12.8. The van der Waals surface area contributed by atoms with Gasteiger partial charge in [0.25, 0.3) is 0 Å². The summed E-state index contributed by atoms with van der Waals surface area (Å²) in [5.74, 6) is 0.636. The lowest BCUT2D eigenvalue weighted by Crippen LogP contribution is -2.42. The van der Waals surface area contributed by atoms with Crippen molar-refractivity contribution in [1.82, 2.24) is 14.9 Å². The lowest BCUT2D eigenvalue weighted by atomic mass is 10.2. The molecule has 2 rings (SSSR count). The molecule has 0 radical (unpaired) electrons. The monoisotopic (exact) mass is 424 g/mol. The number of alkyl halides is 2. The zero-order chi connectivity index (χ0) is 19.9. The number of sulfonamides is 1. The number of hydrogen-bond acceptors (Lipinski definition) is 4. The van der Waals surface area contributed by atoms with Crippen LogP contribution < -0.4 is 15.4 Å². The maximum absolute atomic E-state index is 12.5. The van der Waals surface area contributed by atoms with E-state index in [4.69, 9.17) is 11.6 Å². The van der Waals surface area contributed by atoms with Crippen molar-refractivity contribution in [3.8, 4) is 5.75 Å². The van der Waals surface area contributed by atoms with Crippen LogP contribution in [-0.4, -0.2) is 57.2 Å². The summed E-state index contributed by atoms with van der Waals surface area (Å²) in [6, 6.07) is 4.35. The second-order valence-electron chi connectivity index (χ2n) is 5.82. The van der Waals surface area contributed by atoms with Crippen LogP contribution in [0.25, 0.3) is 0 Å². The van der Waals surface area contributed by atoms with Gasteiger partial charge >= 0.3 is 6.61 Å². The van der Waals surface area contributed by atoms with Gasteiger partial charge in [-0.3, -0.25) is 0 Å². The van der Waals surface area contributed by atoms with Gasteiger partial charge in [-0.25, -0.2) is 17.7 Å². The second-order valence-corrected chi connectivity index (χ2v) is 8.35. The predicted octanol–water partition coefficient (Wildman–Crippen LogP) is 2.03. The molecule has 0 aromatic heterocycles. The Labute approximate surface area is 162 Å². The van der Waals surface area contributed by atoms with E-state index in [2.05, 4.69) is 20.4 Å². The van der Waals surface area contributed by atoms with Crippen molar-refractivity contribution in [2.75, 3.05) is 31.9 Å². The summed E-state index contributed by atoms with van der Waals surface area (Å²) in [6.07, 6.45) is 0.637. The fourth-order valence-corrected chi connectivity index (χ4v) is 4.35. The molecule has 2 N–H and O–H groups in total. The molecular weight excluding hydrogens is 402 g/mol. The van der Waals surface area contributed by atoms with E-state index in [0.29, 0.717) is 49.1 Å². The Bertz CT molecular complexity index is 762. The van der Waals surface area contributed by atoms with Crippen LogP contribution in [0.15, 0.2) is 23.2 Å². The zero-order valence-electron chi connectivity index (χ0n) is 14.9. The Kier molecular flexibility index (Phi) is 8.06. The molecule has 7 nitrogen and oxygen atoms in total. The summed E-state index contributed by atoms with van der Waals surface area (Å²) in [5, 5.41) is 6.45. The van der Waals surface area contributed by atoms with Gasteiger partial charge in [-0.05, 0) is 31.5 Å². The summed E-state index contributed by atoms with van der Waals surface area (Å²) < 4.78 is 54.6. The normalized spacial score (nSPS) is 17.3. The number of halogens is 3. The van der Waals surface area contributed by atoms with Crippen molar-refractivity contribution in [2.45, 2.75) is 26.5 Å². The number of ether oxygens (including phenoxy) is 1. The first-order valence-electron chi connectivity index (χ1n) is 8.55. The molecule has 152 valence electrons. The summed E-state index contributed by atoms with van der Waals surface area (Å²) in [5.41, 5.74) is 0.419. The van der Waals surface area contributed by atoms with Crippen LogP contribution in [0.3, 0.4) is 0 Å². The number of nitrogens with one attached hydrogen (secondary N) is 2. The summed E-state index contributed by atoms with van der Waals surface area (Å²) in [7, 11) is -3.14. The summed E-state index contributed by atoms with van der Waals surface area (Å²) in [6.45, 7) is 0.832. The zero-order valence-corrected chi connectivity index (χ0v) is 16.5. The lowest BCUT2D eigenvalue weighted by Gasteiger charge is -2.16. The highest BCUT2D eigenvalue weighted by molar-refractivity contribution is 7.89. The molecule has 0 saturated carbocycles. The number of guanidine groups is 1. The average molecular weight is 425 g/mol. The minimum atomic E-state index is -3.14. The van der Waals surface area contributed by atoms with Gasteiger partial charge < -0.3 is 15.4 Å². The number of aliphatic imine (C=N–C) groups is 1. The van der Waals surface area contributed by atoms with Gasteiger partial charge in [-0.15, -0.1) is 0 Å². The largest absolute Gasteiger partial charge is 0.434 e. The summed E-state index contributed by atoms with van der Waals surface area (Å²) >= 11 is 5.93. The Morgan fingerprint density at radius 1 is 1.41 bits per heavy atom. The SMILES string of the molecule is CCNC(=NCc1cc(Cl)ccc1OC(F)F)NCCN1CCCS1(=O)=O. The molecule has 1 saturated heterocycles. The molecular formula is C16H23ClF2N4O3S. The topological polar surface area (TPSA) is 83.0 Å². The van der Waals surface area contributed by atoms with Crippen molar-refractivity contribution in [3.05, 3.63) is 28.8 Å². The van der Waals surface area contributed by atoms with Crippen molar-refractivity contribution in [3.63, 3.8) is 0 Å². The van der Waals surface area contributed by atoms with Crippen LogP contribution in [-0.2, 0) is 16.6 Å². The molecule has 0 atom stereocenters. The third kappa shape index (κ3) is 6.78. The highest BCUT2D eigenvalue weighted by Gasteiger charge is 2.27. The number of rotatable bonds is 8. The molecule has 1 heterocycles. The first-order valence-corrected chi connectivity index (χ1v) is 10.5. The molecule has 1 aromatic carbocycles. The maximum atomic E-state index is 12.5. The van der Waals surface area contributed by atoms with Gasteiger partial charge in [0.2, 0.25) is 10.0 Å². The molecule has 0 bridgehead atoms. The average Bonchev–Trinajstić information content (AvgIpc) is 2.93. The van der Waals surface area contributed by atoms with E-state index >= 15 is 0 Å². The smallest absolute Gasteiger partial charge is 0.387 e. The molecule has 1 aliphatic rings. The number of hydrogen-bond donors (Lipinski definition) is 2. The lowest BCUT2D eigenvalue weighted by molar-refractivity contribution is -0.0504. The van der Waals surface area contributed by atoms with Gasteiger partial charge in [0.15, 0.2) is 5.96 Å². The van der Waals surface area contributed by atoms with Gasteiger partial charge in [-0.2, -0.15) is 8.78 Å². The minimum Gasteiger partial charge on any atom is -0.434 e. The molecule has 0 spiro atoms.